The second-order valence-corrected chi connectivity index (χ2v) is 4.74. The van der Waals surface area contributed by atoms with Gasteiger partial charge in [-0.25, -0.2) is 4.85 Å². The summed E-state index contributed by atoms with van der Waals surface area (Å²) in [6.45, 7) is 9.93. The molecular formula is C14H16N2O. The molecule has 0 unspecified atom stereocenters. The Labute approximate surface area is 102 Å². The Balaban J connectivity index is 1.97. The maximum atomic E-state index is 7.12. The van der Waals surface area contributed by atoms with Gasteiger partial charge >= 0.3 is 0 Å². The first-order valence-electron chi connectivity index (χ1n) is 6.23. The molecule has 3 rings (SSSR count). The van der Waals surface area contributed by atoms with Crippen LogP contribution in [0.15, 0.2) is 18.2 Å². The van der Waals surface area contributed by atoms with Crippen LogP contribution in [0, 0.1) is 6.57 Å². The second-order valence-electron chi connectivity index (χ2n) is 4.74. The first kappa shape index (κ1) is 10.6. The van der Waals surface area contributed by atoms with E-state index >= 15 is 0 Å². The van der Waals surface area contributed by atoms with Gasteiger partial charge in [0.1, 0.15) is 0 Å². The van der Waals surface area contributed by atoms with Crippen molar-refractivity contribution in [2.24, 2.45) is 0 Å². The number of fused-ring (bicyclic) bond motifs is 1. The van der Waals surface area contributed by atoms with Crippen molar-refractivity contribution in [3.05, 3.63) is 35.2 Å². The lowest BCUT2D eigenvalue weighted by Gasteiger charge is -2.35. The van der Waals surface area contributed by atoms with Gasteiger partial charge in [0.2, 0.25) is 0 Å². The number of rotatable bonds is 1. The van der Waals surface area contributed by atoms with Gasteiger partial charge in [0, 0.05) is 18.8 Å². The standard InChI is InChI=1S/C14H16N2O/c1-15-12-5-4-11-3-2-7-16(14(11)9-12)13-6-8-17-10-13/h4-5,9,13H,2-3,6-8,10H2/t13-/m0/s1. The predicted octanol–water partition coefficient (Wildman–Crippen LogP) is 2.78. The molecule has 3 nitrogen and oxygen atoms in total. The zero-order valence-electron chi connectivity index (χ0n) is 9.85. The first-order valence-corrected chi connectivity index (χ1v) is 6.23. The highest BCUT2D eigenvalue weighted by atomic mass is 16.5. The molecule has 0 aromatic heterocycles. The van der Waals surface area contributed by atoms with E-state index in [0.29, 0.717) is 6.04 Å². The van der Waals surface area contributed by atoms with Crippen LogP contribution in [0.25, 0.3) is 4.85 Å². The van der Waals surface area contributed by atoms with Gasteiger partial charge in [-0.1, -0.05) is 12.1 Å². The summed E-state index contributed by atoms with van der Waals surface area (Å²) < 4.78 is 5.48. The number of nitrogens with zero attached hydrogens (tertiary/aromatic N) is 2. The number of hydrogen-bond acceptors (Lipinski definition) is 2. The highest BCUT2D eigenvalue weighted by Crippen LogP contribution is 2.33. The summed E-state index contributed by atoms with van der Waals surface area (Å²) in [5, 5.41) is 0. The molecule has 0 spiro atoms. The Bertz CT molecular complexity index is 458. The van der Waals surface area contributed by atoms with Crippen LogP contribution in [-0.4, -0.2) is 25.8 Å². The van der Waals surface area contributed by atoms with Gasteiger partial charge < -0.3 is 9.64 Å². The van der Waals surface area contributed by atoms with E-state index in [9.17, 15) is 0 Å². The van der Waals surface area contributed by atoms with E-state index < -0.39 is 0 Å². The van der Waals surface area contributed by atoms with Gasteiger partial charge in [-0.2, -0.15) is 0 Å². The molecule has 0 N–H and O–H groups in total. The molecule has 17 heavy (non-hydrogen) atoms. The molecule has 3 heteroatoms. The van der Waals surface area contributed by atoms with E-state index in [0.717, 1.165) is 38.3 Å². The Morgan fingerprint density at radius 3 is 3.12 bits per heavy atom. The molecule has 88 valence electrons. The van der Waals surface area contributed by atoms with E-state index in [-0.39, 0.29) is 0 Å². The topological polar surface area (TPSA) is 16.8 Å². The van der Waals surface area contributed by atoms with Gasteiger partial charge in [-0.15, -0.1) is 0 Å². The number of aryl methyl sites for hydroxylation is 1. The fraction of sp³-hybridized carbons (Fsp3) is 0.500. The van der Waals surface area contributed by atoms with Crippen LogP contribution in [0.1, 0.15) is 18.4 Å². The average molecular weight is 228 g/mol. The third-order valence-corrected chi connectivity index (χ3v) is 3.70. The Hall–Kier alpha value is -1.53. The minimum atomic E-state index is 0.509. The summed E-state index contributed by atoms with van der Waals surface area (Å²) >= 11 is 0. The van der Waals surface area contributed by atoms with Gasteiger partial charge in [0.05, 0.1) is 19.2 Å². The van der Waals surface area contributed by atoms with Crippen LogP contribution in [0.5, 0.6) is 0 Å². The number of benzene rings is 1. The lowest BCUT2D eigenvalue weighted by Crippen LogP contribution is -2.39. The van der Waals surface area contributed by atoms with Crippen LogP contribution in [-0.2, 0) is 11.2 Å². The maximum Gasteiger partial charge on any atom is 0.189 e. The molecule has 0 radical (unpaired) electrons. The molecule has 0 saturated carbocycles. The van der Waals surface area contributed by atoms with Crippen molar-refractivity contribution in [2.45, 2.75) is 25.3 Å². The molecule has 2 aliphatic heterocycles. The molecule has 1 aromatic carbocycles. The van der Waals surface area contributed by atoms with Gasteiger partial charge in [0.15, 0.2) is 5.69 Å². The second kappa shape index (κ2) is 4.38. The fourth-order valence-electron chi connectivity index (χ4n) is 2.81. The molecule has 0 aliphatic carbocycles. The van der Waals surface area contributed by atoms with Crippen molar-refractivity contribution in [2.75, 3.05) is 24.7 Å². The Morgan fingerprint density at radius 1 is 1.41 bits per heavy atom. The lowest BCUT2D eigenvalue weighted by atomic mass is 9.99. The molecule has 2 aliphatic rings. The number of hydrogen-bond donors (Lipinski definition) is 0. The minimum Gasteiger partial charge on any atom is -0.379 e. The maximum absolute atomic E-state index is 7.12. The van der Waals surface area contributed by atoms with Crippen molar-refractivity contribution in [3.8, 4) is 0 Å². The lowest BCUT2D eigenvalue weighted by molar-refractivity contribution is 0.193. The zero-order chi connectivity index (χ0) is 11.7. The van der Waals surface area contributed by atoms with Crippen molar-refractivity contribution in [3.63, 3.8) is 0 Å². The minimum absolute atomic E-state index is 0.509. The van der Waals surface area contributed by atoms with Crippen LogP contribution >= 0.6 is 0 Å². The Kier molecular flexibility index (Phi) is 2.74. The van der Waals surface area contributed by atoms with Crippen molar-refractivity contribution < 1.29 is 4.74 Å². The largest absolute Gasteiger partial charge is 0.379 e. The summed E-state index contributed by atoms with van der Waals surface area (Å²) in [4.78, 5) is 5.98. The summed E-state index contributed by atoms with van der Waals surface area (Å²) in [6, 6.07) is 6.60. The predicted molar refractivity (Wildman–Crippen MR) is 67.6 cm³/mol. The molecule has 0 amide bonds. The Morgan fingerprint density at radius 2 is 2.35 bits per heavy atom. The van der Waals surface area contributed by atoms with Crippen molar-refractivity contribution in [1.82, 2.24) is 0 Å². The molecule has 2 heterocycles. The highest BCUT2D eigenvalue weighted by molar-refractivity contribution is 5.65. The van der Waals surface area contributed by atoms with E-state index in [1.807, 2.05) is 12.1 Å². The van der Waals surface area contributed by atoms with Gasteiger partial charge in [-0.3, -0.25) is 0 Å². The molecule has 1 atom stereocenters. The van der Waals surface area contributed by atoms with Gasteiger partial charge in [-0.05, 0) is 30.9 Å². The molecule has 1 aromatic rings. The van der Waals surface area contributed by atoms with Crippen LogP contribution in [0.4, 0.5) is 11.4 Å². The summed E-state index contributed by atoms with van der Waals surface area (Å²) in [5.41, 5.74) is 3.39. The number of ether oxygens (including phenoxy) is 1. The third-order valence-electron chi connectivity index (χ3n) is 3.70. The van der Waals surface area contributed by atoms with E-state index in [4.69, 9.17) is 11.3 Å². The molecule has 1 fully saturated rings. The smallest absolute Gasteiger partial charge is 0.189 e. The monoisotopic (exact) mass is 228 g/mol. The van der Waals surface area contributed by atoms with Gasteiger partial charge in [0.25, 0.3) is 0 Å². The van der Waals surface area contributed by atoms with Crippen molar-refractivity contribution in [1.29, 1.82) is 0 Å². The van der Waals surface area contributed by atoms with E-state index in [1.54, 1.807) is 0 Å². The third kappa shape index (κ3) is 1.89. The summed E-state index contributed by atoms with van der Waals surface area (Å²) in [7, 11) is 0. The zero-order valence-corrected chi connectivity index (χ0v) is 9.85. The van der Waals surface area contributed by atoms with E-state index in [1.165, 1.54) is 17.7 Å². The number of anilines is 1. The summed E-state index contributed by atoms with van der Waals surface area (Å²) in [6.07, 6.45) is 3.46. The van der Waals surface area contributed by atoms with Crippen LogP contribution in [0.2, 0.25) is 0 Å². The van der Waals surface area contributed by atoms with Crippen molar-refractivity contribution >= 4 is 11.4 Å². The quantitative estimate of drug-likeness (QED) is 0.687. The molecular weight excluding hydrogens is 212 g/mol. The SMILES string of the molecule is [C-]#[N+]c1ccc2c(c1)N([C@H]1CCOC1)CCC2. The fourth-order valence-corrected chi connectivity index (χ4v) is 2.81. The highest BCUT2D eigenvalue weighted by Gasteiger charge is 2.27. The summed E-state index contributed by atoms with van der Waals surface area (Å²) in [5.74, 6) is 0. The van der Waals surface area contributed by atoms with E-state index in [2.05, 4.69) is 15.8 Å². The first-order chi connectivity index (χ1) is 8.38. The average Bonchev–Trinajstić information content (AvgIpc) is 2.91. The molecule has 0 bridgehead atoms. The normalized spacial score (nSPS) is 23.2. The van der Waals surface area contributed by atoms with Crippen LogP contribution < -0.4 is 4.90 Å². The van der Waals surface area contributed by atoms with Crippen LogP contribution in [0.3, 0.4) is 0 Å². The molecule has 1 saturated heterocycles.